The van der Waals surface area contributed by atoms with Crippen molar-refractivity contribution in [2.45, 2.75) is 45.2 Å². The number of nitrogens with zero attached hydrogens (tertiary/aromatic N) is 3. The molecule has 1 aliphatic heterocycles. The Morgan fingerprint density at radius 2 is 1.95 bits per heavy atom. The lowest BCUT2D eigenvalue weighted by molar-refractivity contribution is 0.000665. The van der Waals surface area contributed by atoms with Gasteiger partial charge in [-0.25, -0.2) is 0 Å². The van der Waals surface area contributed by atoms with E-state index >= 15 is 0 Å². The molecule has 2 N–H and O–H groups in total. The summed E-state index contributed by atoms with van der Waals surface area (Å²) in [5, 5.41) is 0. The van der Waals surface area contributed by atoms with E-state index in [4.69, 9.17) is 5.73 Å². The van der Waals surface area contributed by atoms with E-state index in [1.165, 1.54) is 12.8 Å². The third-order valence-corrected chi connectivity index (χ3v) is 4.81. The molecule has 1 rings (SSSR count). The third-order valence-electron chi connectivity index (χ3n) is 4.81. The largest absolute Gasteiger partial charge is 0.329 e. The Kier molecular flexibility index (Phi) is 6.92. The zero-order chi connectivity index (χ0) is 15.3. The maximum atomic E-state index is 6.26. The summed E-state index contributed by atoms with van der Waals surface area (Å²) in [4.78, 5) is 7.42. The molecular formula is C16H36N4. The van der Waals surface area contributed by atoms with E-state index < -0.39 is 0 Å². The fraction of sp³-hybridized carbons (Fsp3) is 1.00. The summed E-state index contributed by atoms with van der Waals surface area (Å²) in [5.74, 6) is 0.690. The minimum atomic E-state index is 0.201. The second kappa shape index (κ2) is 7.74. The Balaban J connectivity index is 2.82. The van der Waals surface area contributed by atoms with Gasteiger partial charge in [0, 0.05) is 37.8 Å². The number of nitrogens with two attached hydrogens (primary N) is 1. The van der Waals surface area contributed by atoms with Gasteiger partial charge < -0.3 is 15.5 Å². The van der Waals surface area contributed by atoms with E-state index in [2.05, 4.69) is 56.6 Å². The van der Waals surface area contributed by atoms with Gasteiger partial charge in [-0.15, -0.1) is 0 Å². The first-order valence-corrected chi connectivity index (χ1v) is 8.11. The monoisotopic (exact) mass is 284 g/mol. The number of hydrogen-bond acceptors (Lipinski definition) is 4. The van der Waals surface area contributed by atoms with Gasteiger partial charge in [0.2, 0.25) is 0 Å². The first-order valence-electron chi connectivity index (χ1n) is 8.11. The molecule has 0 aromatic carbocycles. The van der Waals surface area contributed by atoms with E-state index in [1.54, 1.807) is 0 Å². The van der Waals surface area contributed by atoms with Crippen LogP contribution in [0.5, 0.6) is 0 Å². The van der Waals surface area contributed by atoms with E-state index in [9.17, 15) is 0 Å². The Morgan fingerprint density at radius 3 is 2.40 bits per heavy atom. The van der Waals surface area contributed by atoms with Gasteiger partial charge in [-0.3, -0.25) is 4.90 Å². The summed E-state index contributed by atoms with van der Waals surface area (Å²) in [6.07, 6.45) is 2.39. The topological polar surface area (TPSA) is 35.7 Å². The number of rotatable bonds is 7. The second-order valence-electron chi connectivity index (χ2n) is 7.36. The highest BCUT2D eigenvalue weighted by Crippen LogP contribution is 2.31. The van der Waals surface area contributed by atoms with Crippen LogP contribution >= 0.6 is 0 Å². The lowest BCUT2D eigenvalue weighted by Crippen LogP contribution is -2.62. The van der Waals surface area contributed by atoms with Gasteiger partial charge >= 0.3 is 0 Å². The molecule has 1 aliphatic rings. The summed E-state index contributed by atoms with van der Waals surface area (Å²) in [5.41, 5.74) is 6.46. The molecule has 1 saturated heterocycles. The van der Waals surface area contributed by atoms with Crippen molar-refractivity contribution in [2.75, 3.05) is 53.9 Å². The predicted molar refractivity (Wildman–Crippen MR) is 88.1 cm³/mol. The molecule has 1 heterocycles. The molecule has 0 aromatic rings. The molecule has 1 fully saturated rings. The highest BCUT2D eigenvalue weighted by atomic mass is 15.3. The Labute approximate surface area is 126 Å². The summed E-state index contributed by atoms with van der Waals surface area (Å²) in [7, 11) is 6.54. The molecule has 0 saturated carbocycles. The van der Waals surface area contributed by atoms with Crippen LogP contribution < -0.4 is 5.73 Å². The Hall–Kier alpha value is -0.160. The lowest BCUT2D eigenvalue weighted by atomic mass is 9.81. The molecule has 20 heavy (non-hydrogen) atoms. The van der Waals surface area contributed by atoms with E-state index in [1.807, 2.05) is 0 Å². The number of piperidine rings is 1. The fourth-order valence-corrected chi connectivity index (χ4v) is 3.30. The van der Waals surface area contributed by atoms with Crippen LogP contribution in [-0.4, -0.2) is 80.1 Å². The molecule has 0 radical (unpaired) electrons. The van der Waals surface area contributed by atoms with Crippen LogP contribution in [0.2, 0.25) is 0 Å². The zero-order valence-corrected chi connectivity index (χ0v) is 14.5. The van der Waals surface area contributed by atoms with Gasteiger partial charge in [-0.05, 0) is 53.4 Å². The zero-order valence-electron chi connectivity index (χ0n) is 14.5. The van der Waals surface area contributed by atoms with Gasteiger partial charge in [0.25, 0.3) is 0 Å². The van der Waals surface area contributed by atoms with Crippen LogP contribution in [0.1, 0.15) is 33.6 Å². The summed E-state index contributed by atoms with van der Waals surface area (Å²) < 4.78 is 0. The van der Waals surface area contributed by atoms with E-state index in [0.717, 1.165) is 32.7 Å². The second-order valence-corrected chi connectivity index (χ2v) is 7.36. The van der Waals surface area contributed by atoms with Crippen molar-refractivity contribution in [2.24, 2.45) is 11.7 Å². The van der Waals surface area contributed by atoms with Crippen molar-refractivity contribution in [1.29, 1.82) is 0 Å². The highest BCUT2D eigenvalue weighted by Gasteiger charge is 2.40. The van der Waals surface area contributed by atoms with Crippen molar-refractivity contribution in [3.8, 4) is 0 Å². The molecule has 0 bridgehead atoms. The number of hydrogen-bond donors (Lipinski definition) is 1. The van der Waals surface area contributed by atoms with Crippen molar-refractivity contribution in [3.63, 3.8) is 0 Å². The summed E-state index contributed by atoms with van der Waals surface area (Å²) >= 11 is 0. The molecule has 0 aliphatic carbocycles. The maximum absolute atomic E-state index is 6.26. The average Bonchev–Trinajstić information content (AvgIpc) is 2.37. The smallest absolute Gasteiger partial charge is 0.0359 e. The molecule has 4 nitrogen and oxygen atoms in total. The van der Waals surface area contributed by atoms with Gasteiger partial charge in [0.05, 0.1) is 0 Å². The normalized spacial score (nSPS) is 28.8. The maximum Gasteiger partial charge on any atom is 0.0359 e. The fourth-order valence-electron chi connectivity index (χ4n) is 3.30. The highest BCUT2D eigenvalue weighted by molar-refractivity contribution is 4.99. The molecular weight excluding hydrogens is 248 g/mol. The Morgan fingerprint density at radius 1 is 1.30 bits per heavy atom. The Bertz CT molecular complexity index is 280. The van der Waals surface area contributed by atoms with Crippen LogP contribution in [0.3, 0.4) is 0 Å². The van der Waals surface area contributed by atoms with Crippen molar-refractivity contribution in [1.82, 2.24) is 14.7 Å². The minimum absolute atomic E-state index is 0.201. The van der Waals surface area contributed by atoms with Gasteiger partial charge in [-0.1, -0.05) is 13.8 Å². The van der Waals surface area contributed by atoms with Crippen molar-refractivity contribution < 1.29 is 0 Å². The van der Waals surface area contributed by atoms with Crippen LogP contribution in [0.4, 0.5) is 0 Å². The summed E-state index contributed by atoms with van der Waals surface area (Å²) in [6, 6.07) is 0.626. The molecule has 0 amide bonds. The minimum Gasteiger partial charge on any atom is -0.329 e. The quantitative estimate of drug-likeness (QED) is 0.765. The standard InChI is InChI=1S/C16H36N4/c1-14(2)12-20(10-9-18(4)5)16(13-17)7-8-19(6)15(3)11-16/h14-15H,7-13,17H2,1-6H3. The molecule has 0 aromatic heterocycles. The SMILES string of the molecule is CC(C)CN(CCN(C)C)C1(CN)CCN(C)C(C)C1. The average molecular weight is 284 g/mol. The lowest BCUT2D eigenvalue weighted by Gasteiger charge is -2.51. The predicted octanol–water partition coefficient (Wildman–Crippen LogP) is 1.32. The summed E-state index contributed by atoms with van der Waals surface area (Å²) in [6.45, 7) is 12.3. The van der Waals surface area contributed by atoms with Crippen LogP contribution in [-0.2, 0) is 0 Å². The third kappa shape index (κ3) is 4.69. The van der Waals surface area contributed by atoms with Crippen LogP contribution in [0.25, 0.3) is 0 Å². The van der Waals surface area contributed by atoms with E-state index in [0.29, 0.717) is 12.0 Å². The van der Waals surface area contributed by atoms with Crippen molar-refractivity contribution >= 4 is 0 Å². The molecule has 120 valence electrons. The molecule has 4 heteroatoms. The van der Waals surface area contributed by atoms with Gasteiger partial charge in [-0.2, -0.15) is 0 Å². The van der Waals surface area contributed by atoms with Crippen LogP contribution in [0, 0.1) is 5.92 Å². The number of likely N-dealkylation sites (N-methyl/N-ethyl adjacent to an activating group) is 1. The van der Waals surface area contributed by atoms with Gasteiger partial charge in [0.1, 0.15) is 0 Å². The number of likely N-dealkylation sites (tertiary alicyclic amines) is 1. The van der Waals surface area contributed by atoms with Crippen molar-refractivity contribution in [3.05, 3.63) is 0 Å². The first-order chi connectivity index (χ1) is 9.30. The van der Waals surface area contributed by atoms with Gasteiger partial charge in [0.15, 0.2) is 0 Å². The van der Waals surface area contributed by atoms with E-state index in [-0.39, 0.29) is 5.54 Å². The molecule has 2 unspecified atom stereocenters. The van der Waals surface area contributed by atoms with Crippen LogP contribution in [0.15, 0.2) is 0 Å². The first kappa shape index (κ1) is 17.9. The molecule has 2 atom stereocenters. The molecule has 0 spiro atoms.